The summed E-state index contributed by atoms with van der Waals surface area (Å²) < 4.78 is 5.43. The number of halogens is 1. The maximum Gasteiger partial charge on any atom is 0.159 e. The van der Waals surface area contributed by atoms with Gasteiger partial charge < -0.3 is 14.5 Å². The second-order valence-electron chi connectivity index (χ2n) is 5.89. The molecule has 4 nitrogen and oxygen atoms in total. The molecule has 0 bridgehead atoms. The molecule has 0 radical (unpaired) electrons. The standard InChI is InChI=1S/C20H19ClN2O2/c1-13-6-4-5-7-18(13)23(3)15-8-9-16(17(21)12-15)19(22-24)20-14(2)10-11-25-20/h4-12,24H,1-3H3/b22-19+. The van der Waals surface area contributed by atoms with Crippen molar-refractivity contribution in [2.24, 2.45) is 5.16 Å². The molecule has 1 N–H and O–H groups in total. The summed E-state index contributed by atoms with van der Waals surface area (Å²) in [7, 11) is 1.99. The van der Waals surface area contributed by atoms with Crippen molar-refractivity contribution in [1.82, 2.24) is 0 Å². The van der Waals surface area contributed by atoms with Gasteiger partial charge in [-0.15, -0.1) is 0 Å². The van der Waals surface area contributed by atoms with Gasteiger partial charge in [0.25, 0.3) is 0 Å². The van der Waals surface area contributed by atoms with Crippen LogP contribution in [0.4, 0.5) is 11.4 Å². The summed E-state index contributed by atoms with van der Waals surface area (Å²) in [5.74, 6) is 0.504. The zero-order valence-electron chi connectivity index (χ0n) is 14.3. The van der Waals surface area contributed by atoms with E-state index in [1.54, 1.807) is 6.26 Å². The quantitative estimate of drug-likeness (QED) is 0.380. The van der Waals surface area contributed by atoms with Crippen molar-refractivity contribution < 1.29 is 9.62 Å². The summed E-state index contributed by atoms with van der Waals surface area (Å²) in [6.07, 6.45) is 1.56. The summed E-state index contributed by atoms with van der Waals surface area (Å²) in [4.78, 5) is 2.07. The SMILES string of the molecule is Cc1ccccc1N(C)c1ccc(/C(=N\O)c2occc2C)c(Cl)c1. The molecule has 3 rings (SSSR count). The number of anilines is 2. The highest BCUT2D eigenvalue weighted by atomic mass is 35.5. The van der Waals surface area contributed by atoms with Gasteiger partial charge in [0.2, 0.25) is 0 Å². The molecule has 0 saturated carbocycles. The van der Waals surface area contributed by atoms with Gasteiger partial charge in [0, 0.05) is 24.0 Å². The van der Waals surface area contributed by atoms with Crippen LogP contribution < -0.4 is 4.90 Å². The molecule has 1 aromatic heterocycles. The van der Waals surface area contributed by atoms with Gasteiger partial charge in [-0.05, 0) is 55.3 Å². The van der Waals surface area contributed by atoms with Crippen molar-refractivity contribution in [3.8, 4) is 0 Å². The molecule has 3 aromatic rings. The third kappa shape index (κ3) is 3.26. The molecule has 0 atom stereocenters. The Kier molecular flexibility index (Phi) is 4.81. The van der Waals surface area contributed by atoms with Gasteiger partial charge in [-0.2, -0.15) is 0 Å². The largest absolute Gasteiger partial charge is 0.462 e. The zero-order chi connectivity index (χ0) is 18.0. The second kappa shape index (κ2) is 7.03. The van der Waals surface area contributed by atoms with E-state index in [9.17, 15) is 5.21 Å². The lowest BCUT2D eigenvalue weighted by atomic mass is 10.0. The smallest absolute Gasteiger partial charge is 0.159 e. The van der Waals surface area contributed by atoms with E-state index in [-0.39, 0.29) is 0 Å². The molecule has 0 unspecified atom stereocenters. The highest BCUT2D eigenvalue weighted by Crippen LogP contribution is 2.31. The minimum Gasteiger partial charge on any atom is -0.462 e. The predicted molar refractivity (Wildman–Crippen MR) is 102 cm³/mol. The van der Waals surface area contributed by atoms with Crippen LogP contribution in [0.15, 0.2) is 64.4 Å². The maximum atomic E-state index is 9.45. The number of aryl methyl sites for hydroxylation is 2. The number of benzene rings is 2. The first-order valence-electron chi connectivity index (χ1n) is 7.88. The number of para-hydroxylation sites is 1. The van der Waals surface area contributed by atoms with Gasteiger partial charge in [0.15, 0.2) is 11.5 Å². The van der Waals surface area contributed by atoms with Crippen LogP contribution in [0.25, 0.3) is 0 Å². The first kappa shape index (κ1) is 17.1. The average Bonchev–Trinajstić information content (AvgIpc) is 3.03. The average molecular weight is 355 g/mol. The Morgan fingerprint density at radius 1 is 1.08 bits per heavy atom. The van der Waals surface area contributed by atoms with Gasteiger partial charge in [-0.25, -0.2) is 0 Å². The van der Waals surface area contributed by atoms with Crippen LogP contribution in [0.3, 0.4) is 0 Å². The van der Waals surface area contributed by atoms with Crippen molar-refractivity contribution >= 4 is 28.7 Å². The first-order chi connectivity index (χ1) is 12.0. The van der Waals surface area contributed by atoms with E-state index in [1.165, 1.54) is 5.56 Å². The van der Waals surface area contributed by atoms with E-state index < -0.39 is 0 Å². The molecule has 25 heavy (non-hydrogen) atoms. The highest BCUT2D eigenvalue weighted by Gasteiger charge is 2.18. The van der Waals surface area contributed by atoms with Crippen LogP contribution in [-0.2, 0) is 0 Å². The molecule has 0 amide bonds. The fourth-order valence-corrected chi connectivity index (χ4v) is 3.08. The lowest BCUT2D eigenvalue weighted by Gasteiger charge is -2.22. The number of nitrogens with zero attached hydrogens (tertiary/aromatic N) is 2. The number of oxime groups is 1. The molecule has 5 heteroatoms. The van der Waals surface area contributed by atoms with E-state index in [0.29, 0.717) is 22.1 Å². The first-order valence-corrected chi connectivity index (χ1v) is 8.26. The second-order valence-corrected chi connectivity index (χ2v) is 6.30. The zero-order valence-corrected chi connectivity index (χ0v) is 15.1. The van der Waals surface area contributed by atoms with Crippen molar-refractivity contribution in [2.45, 2.75) is 13.8 Å². The van der Waals surface area contributed by atoms with Gasteiger partial charge in [0.05, 0.1) is 11.3 Å². The third-order valence-corrected chi connectivity index (χ3v) is 4.56. The fraction of sp³-hybridized carbons (Fsp3) is 0.150. The third-order valence-electron chi connectivity index (χ3n) is 4.25. The number of furan rings is 1. The van der Waals surface area contributed by atoms with Crippen molar-refractivity contribution in [3.63, 3.8) is 0 Å². The molecule has 0 aliphatic heterocycles. The molecule has 128 valence electrons. The fourth-order valence-electron chi connectivity index (χ4n) is 2.82. The Labute approximate surface area is 152 Å². The van der Waals surface area contributed by atoms with E-state index in [4.69, 9.17) is 16.0 Å². The van der Waals surface area contributed by atoms with E-state index >= 15 is 0 Å². The van der Waals surface area contributed by atoms with Gasteiger partial charge in [-0.1, -0.05) is 35.0 Å². The Morgan fingerprint density at radius 2 is 1.84 bits per heavy atom. The van der Waals surface area contributed by atoms with Crippen LogP contribution in [0.1, 0.15) is 22.5 Å². The monoisotopic (exact) mass is 354 g/mol. The lowest BCUT2D eigenvalue weighted by Crippen LogP contribution is -2.12. The Hall–Kier alpha value is -2.72. The Balaban J connectivity index is 1.99. The predicted octanol–water partition coefficient (Wildman–Crippen LogP) is 5.54. The summed E-state index contributed by atoms with van der Waals surface area (Å²) >= 11 is 6.48. The number of hydrogen-bond donors (Lipinski definition) is 1. The summed E-state index contributed by atoms with van der Waals surface area (Å²) in [5.41, 5.74) is 5.03. The van der Waals surface area contributed by atoms with Gasteiger partial charge >= 0.3 is 0 Å². The molecule has 0 fully saturated rings. The number of hydrogen-bond acceptors (Lipinski definition) is 4. The van der Waals surface area contributed by atoms with Crippen LogP contribution in [-0.4, -0.2) is 18.0 Å². The normalized spacial score (nSPS) is 11.6. The van der Waals surface area contributed by atoms with Crippen molar-refractivity contribution in [3.05, 3.63) is 82.3 Å². The molecular weight excluding hydrogens is 336 g/mol. The molecule has 0 aliphatic rings. The van der Waals surface area contributed by atoms with E-state index in [1.807, 2.05) is 50.4 Å². The van der Waals surface area contributed by atoms with Gasteiger partial charge in [0.1, 0.15) is 0 Å². The minimum atomic E-state index is 0.317. The Morgan fingerprint density at radius 3 is 2.44 bits per heavy atom. The lowest BCUT2D eigenvalue weighted by molar-refractivity contribution is 0.318. The highest BCUT2D eigenvalue weighted by molar-refractivity contribution is 6.35. The Bertz CT molecular complexity index is 931. The van der Waals surface area contributed by atoms with E-state index in [0.717, 1.165) is 16.9 Å². The van der Waals surface area contributed by atoms with Gasteiger partial charge in [-0.3, -0.25) is 0 Å². The van der Waals surface area contributed by atoms with Crippen molar-refractivity contribution in [1.29, 1.82) is 0 Å². The van der Waals surface area contributed by atoms with Crippen LogP contribution in [0.2, 0.25) is 5.02 Å². The summed E-state index contributed by atoms with van der Waals surface area (Å²) in [5, 5.41) is 13.3. The summed E-state index contributed by atoms with van der Waals surface area (Å²) in [6, 6.07) is 15.6. The topological polar surface area (TPSA) is 49.0 Å². The maximum absolute atomic E-state index is 9.45. The summed E-state index contributed by atoms with van der Waals surface area (Å²) in [6.45, 7) is 3.95. The molecule has 1 heterocycles. The minimum absolute atomic E-state index is 0.317. The number of rotatable bonds is 4. The molecule has 2 aromatic carbocycles. The van der Waals surface area contributed by atoms with Crippen LogP contribution >= 0.6 is 11.6 Å². The molecule has 0 aliphatic carbocycles. The van der Waals surface area contributed by atoms with E-state index in [2.05, 4.69) is 29.1 Å². The molecular formula is C20H19ClN2O2. The van der Waals surface area contributed by atoms with Crippen molar-refractivity contribution in [2.75, 3.05) is 11.9 Å². The molecule has 0 spiro atoms. The van der Waals surface area contributed by atoms with Crippen LogP contribution in [0.5, 0.6) is 0 Å². The molecule has 0 saturated heterocycles. The van der Waals surface area contributed by atoms with Crippen LogP contribution in [0, 0.1) is 13.8 Å².